The topological polar surface area (TPSA) is 41.6 Å². The van der Waals surface area contributed by atoms with Crippen LogP contribution in [0.15, 0.2) is 0 Å². The van der Waals surface area contributed by atoms with E-state index in [-0.39, 0.29) is 30.5 Å². The quantitative estimate of drug-likeness (QED) is 0.829. The SMILES string of the molecule is C[C@@H]1CN(C(=O)CC2CSCCN2)C[C@H](C)O1.Cl. The predicted octanol–water partition coefficient (Wildman–Crippen LogP) is 1.14. The average Bonchev–Trinajstić information content (AvgIpc) is 2.29. The lowest BCUT2D eigenvalue weighted by molar-refractivity contribution is -0.143. The van der Waals surface area contributed by atoms with Gasteiger partial charge in [0.2, 0.25) is 5.91 Å². The third-order valence-electron chi connectivity index (χ3n) is 3.19. The Kier molecular flexibility index (Phi) is 6.77. The number of ether oxygens (including phenoxy) is 1. The van der Waals surface area contributed by atoms with Crippen molar-refractivity contribution in [2.24, 2.45) is 0 Å². The van der Waals surface area contributed by atoms with Crippen molar-refractivity contribution in [3.8, 4) is 0 Å². The molecule has 6 heteroatoms. The summed E-state index contributed by atoms with van der Waals surface area (Å²) in [4.78, 5) is 14.1. The molecule has 1 N–H and O–H groups in total. The van der Waals surface area contributed by atoms with Crippen LogP contribution in [-0.4, -0.2) is 60.2 Å². The normalized spacial score (nSPS) is 32.8. The van der Waals surface area contributed by atoms with E-state index >= 15 is 0 Å². The maximum atomic E-state index is 12.2. The third-order valence-corrected chi connectivity index (χ3v) is 4.32. The molecule has 1 amide bonds. The molecule has 2 heterocycles. The van der Waals surface area contributed by atoms with E-state index in [1.54, 1.807) is 0 Å². The first kappa shape index (κ1) is 16.1. The number of halogens is 1. The lowest BCUT2D eigenvalue weighted by Gasteiger charge is -2.36. The van der Waals surface area contributed by atoms with Crippen LogP contribution in [0.2, 0.25) is 0 Å². The molecule has 2 fully saturated rings. The molecule has 2 aliphatic rings. The van der Waals surface area contributed by atoms with Gasteiger partial charge < -0.3 is 15.0 Å². The van der Waals surface area contributed by atoms with Gasteiger partial charge in [0.1, 0.15) is 0 Å². The van der Waals surface area contributed by atoms with Gasteiger partial charge in [-0.3, -0.25) is 4.79 Å². The van der Waals surface area contributed by atoms with Crippen LogP contribution in [0.25, 0.3) is 0 Å². The van der Waals surface area contributed by atoms with Gasteiger partial charge >= 0.3 is 0 Å². The summed E-state index contributed by atoms with van der Waals surface area (Å²) in [7, 11) is 0. The van der Waals surface area contributed by atoms with E-state index in [2.05, 4.69) is 5.32 Å². The molecule has 0 bridgehead atoms. The van der Waals surface area contributed by atoms with Gasteiger partial charge in [-0.25, -0.2) is 0 Å². The van der Waals surface area contributed by atoms with Crippen molar-refractivity contribution in [1.29, 1.82) is 0 Å². The van der Waals surface area contributed by atoms with Crippen molar-refractivity contribution in [2.45, 2.75) is 38.5 Å². The van der Waals surface area contributed by atoms with Gasteiger partial charge in [0.25, 0.3) is 0 Å². The van der Waals surface area contributed by atoms with Gasteiger partial charge in [-0.1, -0.05) is 0 Å². The van der Waals surface area contributed by atoms with Crippen LogP contribution in [0.5, 0.6) is 0 Å². The summed E-state index contributed by atoms with van der Waals surface area (Å²) in [5, 5.41) is 3.41. The number of thioether (sulfide) groups is 1. The van der Waals surface area contributed by atoms with Gasteiger partial charge in [0.15, 0.2) is 0 Å². The number of nitrogens with one attached hydrogen (secondary N) is 1. The zero-order valence-corrected chi connectivity index (χ0v) is 12.7. The monoisotopic (exact) mass is 294 g/mol. The van der Waals surface area contributed by atoms with Gasteiger partial charge in [-0.2, -0.15) is 11.8 Å². The van der Waals surface area contributed by atoms with Crippen molar-refractivity contribution >= 4 is 30.1 Å². The highest BCUT2D eigenvalue weighted by Crippen LogP contribution is 2.15. The Morgan fingerprint density at radius 2 is 2.06 bits per heavy atom. The molecule has 0 aromatic rings. The van der Waals surface area contributed by atoms with Crippen LogP contribution in [0.4, 0.5) is 0 Å². The van der Waals surface area contributed by atoms with Crippen LogP contribution in [0, 0.1) is 0 Å². The maximum Gasteiger partial charge on any atom is 0.224 e. The molecule has 1 unspecified atom stereocenters. The largest absolute Gasteiger partial charge is 0.372 e. The van der Waals surface area contributed by atoms with E-state index in [1.165, 1.54) is 0 Å². The second kappa shape index (κ2) is 7.58. The van der Waals surface area contributed by atoms with E-state index < -0.39 is 0 Å². The molecule has 0 saturated carbocycles. The molecule has 0 spiro atoms. The highest BCUT2D eigenvalue weighted by molar-refractivity contribution is 7.99. The van der Waals surface area contributed by atoms with E-state index in [9.17, 15) is 4.79 Å². The Hall–Kier alpha value is 0.0300. The van der Waals surface area contributed by atoms with Gasteiger partial charge in [-0.05, 0) is 13.8 Å². The van der Waals surface area contributed by atoms with Crippen LogP contribution in [0.1, 0.15) is 20.3 Å². The fourth-order valence-electron chi connectivity index (χ4n) is 2.47. The van der Waals surface area contributed by atoms with Gasteiger partial charge in [0.05, 0.1) is 12.2 Å². The van der Waals surface area contributed by atoms with Gasteiger partial charge in [0, 0.05) is 43.6 Å². The van der Waals surface area contributed by atoms with E-state index in [1.807, 2.05) is 30.5 Å². The van der Waals surface area contributed by atoms with Crippen molar-refractivity contribution in [3.63, 3.8) is 0 Å². The smallest absolute Gasteiger partial charge is 0.224 e. The summed E-state index contributed by atoms with van der Waals surface area (Å²) in [5.74, 6) is 2.49. The summed E-state index contributed by atoms with van der Waals surface area (Å²) in [6, 6.07) is 0.356. The van der Waals surface area contributed by atoms with Crippen molar-refractivity contribution in [3.05, 3.63) is 0 Å². The standard InChI is InChI=1S/C12H22N2O2S.ClH/c1-9-6-14(7-10(2)16-9)12(15)5-11-8-17-4-3-13-11;/h9-11,13H,3-8H2,1-2H3;1H/t9-,10+,11?;. The second-order valence-electron chi connectivity index (χ2n) is 4.99. The minimum Gasteiger partial charge on any atom is -0.372 e. The Morgan fingerprint density at radius 3 is 2.61 bits per heavy atom. The minimum absolute atomic E-state index is 0. The molecule has 3 atom stereocenters. The molecular weight excluding hydrogens is 272 g/mol. The molecule has 2 saturated heterocycles. The summed E-state index contributed by atoms with van der Waals surface area (Å²) in [6.45, 7) is 6.57. The van der Waals surface area contributed by atoms with Crippen LogP contribution < -0.4 is 5.32 Å². The predicted molar refractivity (Wildman–Crippen MR) is 77.6 cm³/mol. The zero-order chi connectivity index (χ0) is 12.3. The summed E-state index contributed by atoms with van der Waals surface area (Å²) in [6.07, 6.45) is 0.958. The highest BCUT2D eigenvalue weighted by atomic mass is 35.5. The van der Waals surface area contributed by atoms with E-state index in [0.717, 1.165) is 31.1 Å². The lowest BCUT2D eigenvalue weighted by Crippen LogP contribution is -2.50. The Balaban J connectivity index is 0.00000162. The number of carbonyl (C=O) groups excluding carboxylic acids is 1. The molecule has 2 aliphatic heterocycles. The molecule has 106 valence electrons. The summed E-state index contributed by atoms with van der Waals surface area (Å²) < 4.78 is 5.64. The van der Waals surface area contributed by atoms with Crippen LogP contribution in [-0.2, 0) is 9.53 Å². The lowest BCUT2D eigenvalue weighted by atomic mass is 10.1. The molecule has 0 aromatic carbocycles. The third kappa shape index (κ3) is 4.61. The van der Waals surface area contributed by atoms with Crippen LogP contribution in [0.3, 0.4) is 0 Å². The van der Waals surface area contributed by atoms with Crippen molar-refractivity contribution in [2.75, 3.05) is 31.1 Å². The molecule has 2 rings (SSSR count). The molecular formula is C12H23ClN2O2S. The first-order valence-corrected chi connectivity index (χ1v) is 7.55. The molecule has 0 radical (unpaired) electrons. The van der Waals surface area contributed by atoms with Crippen molar-refractivity contribution < 1.29 is 9.53 Å². The second-order valence-corrected chi connectivity index (χ2v) is 6.14. The number of carbonyl (C=O) groups is 1. The summed E-state index contributed by atoms with van der Waals surface area (Å²) in [5.41, 5.74) is 0. The number of morpholine rings is 1. The molecule has 4 nitrogen and oxygen atoms in total. The van der Waals surface area contributed by atoms with E-state index in [4.69, 9.17) is 4.74 Å². The first-order chi connectivity index (χ1) is 8.15. The first-order valence-electron chi connectivity index (χ1n) is 6.39. The van der Waals surface area contributed by atoms with Gasteiger partial charge in [-0.15, -0.1) is 12.4 Å². The number of hydrogen-bond acceptors (Lipinski definition) is 4. The number of nitrogens with zero attached hydrogens (tertiary/aromatic N) is 1. The fraction of sp³-hybridized carbons (Fsp3) is 0.917. The number of hydrogen-bond donors (Lipinski definition) is 1. The zero-order valence-electron chi connectivity index (χ0n) is 11.1. The summed E-state index contributed by atoms with van der Waals surface area (Å²) >= 11 is 1.93. The highest BCUT2D eigenvalue weighted by Gasteiger charge is 2.27. The Morgan fingerprint density at radius 1 is 1.39 bits per heavy atom. The Bertz CT molecular complexity index is 265. The average molecular weight is 295 g/mol. The fourth-order valence-corrected chi connectivity index (χ4v) is 3.42. The molecule has 0 aliphatic carbocycles. The maximum absolute atomic E-state index is 12.2. The van der Waals surface area contributed by atoms with E-state index in [0.29, 0.717) is 12.5 Å². The molecule has 18 heavy (non-hydrogen) atoms. The van der Waals surface area contributed by atoms with Crippen molar-refractivity contribution in [1.82, 2.24) is 10.2 Å². The Labute approximate surface area is 120 Å². The number of amides is 1. The minimum atomic E-state index is 0. The molecule has 0 aromatic heterocycles. The van der Waals surface area contributed by atoms with Crippen LogP contribution >= 0.6 is 24.2 Å². The number of rotatable bonds is 2.